The van der Waals surface area contributed by atoms with Crippen LogP contribution in [0.5, 0.6) is 0 Å². The molecule has 0 fully saturated rings. The zero-order chi connectivity index (χ0) is 15.4. The molecule has 0 spiro atoms. The molecule has 2 heteroatoms. The Morgan fingerprint density at radius 2 is 1.32 bits per heavy atom. The predicted molar refractivity (Wildman–Crippen MR) is 94.9 cm³/mol. The monoisotopic (exact) mass is 326 g/mol. The highest BCUT2D eigenvalue weighted by Crippen LogP contribution is 2.33. The van der Waals surface area contributed by atoms with Crippen molar-refractivity contribution < 1.29 is 0 Å². The second kappa shape index (κ2) is 7.00. The van der Waals surface area contributed by atoms with Crippen LogP contribution in [-0.4, -0.2) is 0 Å². The van der Waals surface area contributed by atoms with Crippen LogP contribution >= 0.6 is 23.2 Å². The first-order chi connectivity index (χ1) is 10.7. The largest absolute Gasteiger partial charge is 0.0843 e. The Labute approximate surface area is 141 Å². The summed E-state index contributed by atoms with van der Waals surface area (Å²) in [5.74, 6) is 0.216. The lowest BCUT2D eigenvalue weighted by Crippen LogP contribution is -2.05. The first-order valence-electron chi connectivity index (χ1n) is 7.28. The molecule has 0 amide bonds. The molecule has 0 heterocycles. The Morgan fingerprint density at radius 1 is 0.682 bits per heavy atom. The highest BCUT2D eigenvalue weighted by Gasteiger charge is 2.17. The van der Waals surface area contributed by atoms with Crippen molar-refractivity contribution in [2.45, 2.75) is 12.3 Å². The molecule has 0 saturated carbocycles. The van der Waals surface area contributed by atoms with E-state index in [4.69, 9.17) is 23.2 Å². The summed E-state index contributed by atoms with van der Waals surface area (Å²) < 4.78 is 0. The average Bonchev–Trinajstić information content (AvgIpc) is 2.55. The molecule has 1 unspecified atom stereocenters. The van der Waals surface area contributed by atoms with E-state index < -0.39 is 0 Å². The lowest BCUT2D eigenvalue weighted by Gasteiger charge is -2.19. The van der Waals surface area contributed by atoms with E-state index in [0.29, 0.717) is 0 Å². The van der Waals surface area contributed by atoms with Crippen LogP contribution in [-0.2, 0) is 6.42 Å². The van der Waals surface area contributed by atoms with E-state index >= 15 is 0 Å². The molecule has 0 N–H and O–H groups in total. The smallest absolute Gasteiger partial charge is 0.0444 e. The van der Waals surface area contributed by atoms with Crippen LogP contribution in [0.3, 0.4) is 0 Å². The molecule has 3 rings (SSSR count). The minimum Gasteiger partial charge on any atom is -0.0843 e. The molecule has 0 aliphatic carbocycles. The fourth-order valence-electron chi connectivity index (χ4n) is 2.71. The van der Waals surface area contributed by atoms with Crippen molar-refractivity contribution in [1.29, 1.82) is 0 Å². The second-order valence-electron chi connectivity index (χ2n) is 5.32. The standard InChI is InChI=1S/C20H16Cl2/c21-17-12-10-16(11-13-17)19(14-15-6-2-1-3-7-15)18-8-4-5-9-20(18)22/h1-13,19H,14H2. The van der Waals surface area contributed by atoms with Crippen LogP contribution in [0.25, 0.3) is 0 Å². The number of benzene rings is 3. The van der Waals surface area contributed by atoms with Gasteiger partial charge in [0.2, 0.25) is 0 Å². The SMILES string of the molecule is Clc1ccc(C(Cc2ccccc2)c2ccccc2Cl)cc1. The Morgan fingerprint density at radius 3 is 2.00 bits per heavy atom. The molecule has 3 aromatic rings. The van der Waals surface area contributed by atoms with Crippen LogP contribution in [0, 0.1) is 0 Å². The number of hydrogen-bond donors (Lipinski definition) is 0. The van der Waals surface area contributed by atoms with Crippen molar-refractivity contribution in [1.82, 2.24) is 0 Å². The molecule has 1 atom stereocenters. The zero-order valence-corrected chi connectivity index (χ0v) is 13.6. The Bertz CT molecular complexity index is 733. The number of hydrogen-bond acceptors (Lipinski definition) is 0. The summed E-state index contributed by atoms with van der Waals surface area (Å²) in [5.41, 5.74) is 3.67. The average molecular weight is 327 g/mol. The van der Waals surface area contributed by atoms with Crippen molar-refractivity contribution in [3.8, 4) is 0 Å². The maximum atomic E-state index is 6.44. The fraction of sp³-hybridized carbons (Fsp3) is 0.100. The van der Waals surface area contributed by atoms with Crippen molar-refractivity contribution in [2.24, 2.45) is 0 Å². The maximum absolute atomic E-state index is 6.44. The van der Waals surface area contributed by atoms with E-state index in [0.717, 1.165) is 22.0 Å². The quantitative estimate of drug-likeness (QED) is 0.522. The van der Waals surface area contributed by atoms with E-state index in [1.165, 1.54) is 11.1 Å². The summed E-state index contributed by atoms with van der Waals surface area (Å²) in [5, 5.41) is 1.56. The van der Waals surface area contributed by atoms with Gasteiger partial charge in [0, 0.05) is 16.0 Å². The van der Waals surface area contributed by atoms with Gasteiger partial charge in [-0.25, -0.2) is 0 Å². The highest BCUT2D eigenvalue weighted by molar-refractivity contribution is 6.31. The molecule has 110 valence electrons. The van der Waals surface area contributed by atoms with Crippen molar-refractivity contribution >= 4 is 23.2 Å². The Balaban J connectivity index is 2.02. The summed E-state index contributed by atoms with van der Waals surface area (Å²) in [6.07, 6.45) is 0.909. The van der Waals surface area contributed by atoms with E-state index in [9.17, 15) is 0 Å². The molecule has 0 aromatic heterocycles. The number of halogens is 2. The molecule has 0 nitrogen and oxygen atoms in total. The molecular weight excluding hydrogens is 311 g/mol. The van der Waals surface area contributed by atoms with Crippen LogP contribution in [0.4, 0.5) is 0 Å². The first kappa shape index (κ1) is 15.1. The van der Waals surface area contributed by atoms with Gasteiger partial charge in [0.1, 0.15) is 0 Å². The van der Waals surface area contributed by atoms with Crippen LogP contribution in [0.1, 0.15) is 22.6 Å². The third kappa shape index (κ3) is 3.52. The Kier molecular flexibility index (Phi) is 4.82. The normalized spacial score (nSPS) is 12.1. The van der Waals surface area contributed by atoms with Crippen molar-refractivity contribution in [3.63, 3.8) is 0 Å². The summed E-state index contributed by atoms with van der Waals surface area (Å²) in [4.78, 5) is 0. The van der Waals surface area contributed by atoms with Crippen LogP contribution < -0.4 is 0 Å². The van der Waals surface area contributed by atoms with Crippen molar-refractivity contribution in [2.75, 3.05) is 0 Å². The fourth-order valence-corrected chi connectivity index (χ4v) is 3.10. The summed E-state index contributed by atoms with van der Waals surface area (Å²) in [6.45, 7) is 0. The summed E-state index contributed by atoms with van der Waals surface area (Å²) in [6, 6.07) is 26.6. The molecule has 0 radical (unpaired) electrons. The molecule has 0 aliphatic rings. The van der Waals surface area contributed by atoms with E-state index in [1.54, 1.807) is 0 Å². The van der Waals surface area contributed by atoms with Gasteiger partial charge in [0.15, 0.2) is 0 Å². The molecule has 0 bridgehead atoms. The van der Waals surface area contributed by atoms with Crippen LogP contribution in [0.2, 0.25) is 10.0 Å². The van der Waals surface area contributed by atoms with Gasteiger partial charge in [-0.3, -0.25) is 0 Å². The minimum atomic E-state index is 0.216. The van der Waals surface area contributed by atoms with Gasteiger partial charge in [0.05, 0.1) is 0 Å². The van der Waals surface area contributed by atoms with E-state index in [1.807, 2.05) is 36.4 Å². The molecular formula is C20H16Cl2. The van der Waals surface area contributed by atoms with E-state index in [-0.39, 0.29) is 5.92 Å². The zero-order valence-electron chi connectivity index (χ0n) is 12.0. The first-order valence-corrected chi connectivity index (χ1v) is 8.03. The third-order valence-electron chi connectivity index (χ3n) is 3.84. The summed E-state index contributed by atoms with van der Waals surface area (Å²) >= 11 is 12.5. The van der Waals surface area contributed by atoms with E-state index in [2.05, 4.69) is 42.5 Å². The molecule has 22 heavy (non-hydrogen) atoms. The second-order valence-corrected chi connectivity index (χ2v) is 6.16. The topological polar surface area (TPSA) is 0 Å². The van der Waals surface area contributed by atoms with Gasteiger partial charge < -0.3 is 0 Å². The van der Waals surface area contributed by atoms with Crippen molar-refractivity contribution in [3.05, 3.63) is 106 Å². The number of rotatable bonds is 4. The minimum absolute atomic E-state index is 0.216. The third-order valence-corrected chi connectivity index (χ3v) is 4.43. The molecule has 0 saturated heterocycles. The van der Waals surface area contributed by atoms with Gasteiger partial charge in [-0.1, -0.05) is 83.9 Å². The van der Waals surface area contributed by atoms with Gasteiger partial charge in [-0.05, 0) is 41.3 Å². The predicted octanol–water partition coefficient (Wildman–Crippen LogP) is 6.37. The highest BCUT2D eigenvalue weighted by atomic mass is 35.5. The van der Waals surface area contributed by atoms with Gasteiger partial charge in [-0.15, -0.1) is 0 Å². The van der Waals surface area contributed by atoms with Gasteiger partial charge in [-0.2, -0.15) is 0 Å². The molecule has 3 aromatic carbocycles. The van der Waals surface area contributed by atoms with Crippen LogP contribution in [0.15, 0.2) is 78.9 Å². The summed E-state index contributed by atoms with van der Waals surface area (Å²) in [7, 11) is 0. The lowest BCUT2D eigenvalue weighted by molar-refractivity contribution is 0.805. The molecule has 0 aliphatic heterocycles. The Hall–Kier alpha value is -1.76. The van der Waals surface area contributed by atoms with Gasteiger partial charge in [0.25, 0.3) is 0 Å². The lowest BCUT2D eigenvalue weighted by atomic mass is 9.86. The van der Waals surface area contributed by atoms with Gasteiger partial charge >= 0.3 is 0 Å². The maximum Gasteiger partial charge on any atom is 0.0444 e.